The van der Waals surface area contributed by atoms with E-state index in [0.29, 0.717) is 0 Å². The zero-order valence-electron chi connectivity index (χ0n) is 3.79. The van der Waals surface area contributed by atoms with Crippen LogP contribution in [0.15, 0.2) is 0 Å². The molecule has 0 fully saturated rings. The molecule has 46 valence electrons. The molecular formula is H8ClNaO5. The van der Waals surface area contributed by atoms with Gasteiger partial charge in [-0.05, 0) is 0 Å². The predicted octanol–water partition coefficient (Wildman–Crippen LogP) is -6.79. The van der Waals surface area contributed by atoms with Gasteiger partial charge in [-0.15, -0.1) is 0 Å². The van der Waals surface area contributed by atoms with Crippen molar-refractivity contribution in [2.24, 2.45) is 0 Å². The third-order valence-corrected chi connectivity index (χ3v) is 0. The van der Waals surface area contributed by atoms with E-state index in [1.165, 1.54) is 0 Å². The Bertz CT molecular complexity index is 8.04. The van der Waals surface area contributed by atoms with Gasteiger partial charge < -0.3 is 26.6 Å². The van der Waals surface area contributed by atoms with Crippen molar-refractivity contribution in [3.63, 3.8) is 0 Å². The molecule has 0 aliphatic rings. The number of hydrogen-bond acceptors (Lipinski definition) is 1. The van der Waals surface area contributed by atoms with E-state index in [9.17, 15) is 0 Å². The van der Waals surface area contributed by atoms with Gasteiger partial charge in [0.15, 0.2) is 0 Å². The molecule has 0 aromatic carbocycles. The molecule has 0 atom stereocenters. The molecule has 0 aliphatic heterocycles. The van der Waals surface area contributed by atoms with Crippen LogP contribution >= 0.6 is 11.9 Å². The Labute approximate surface area is 68.0 Å². The van der Waals surface area contributed by atoms with E-state index in [1.807, 2.05) is 0 Å². The zero-order valence-corrected chi connectivity index (χ0v) is 6.54. The van der Waals surface area contributed by atoms with Crippen LogP contribution in [0.4, 0.5) is 0 Å². The fourth-order valence-corrected chi connectivity index (χ4v) is 0. The molecule has 0 amide bonds. The zero-order chi connectivity index (χ0) is 2.00. The SMILES string of the molecule is O.O.O.O.[Na+].[O-]Cl. The molecule has 7 heavy (non-hydrogen) atoms. The van der Waals surface area contributed by atoms with Crippen LogP contribution in [0, 0.1) is 0 Å². The summed E-state index contributed by atoms with van der Waals surface area (Å²) in [5.74, 6) is 0. The van der Waals surface area contributed by atoms with Gasteiger partial charge in [0, 0.05) is 0 Å². The molecule has 0 spiro atoms. The average Bonchev–Trinajstić information content (AvgIpc) is 1.00. The van der Waals surface area contributed by atoms with Crippen LogP contribution < -0.4 is 34.2 Å². The van der Waals surface area contributed by atoms with Gasteiger partial charge in [-0.3, -0.25) is 0 Å². The summed E-state index contributed by atoms with van der Waals surface area (Å²) in [7, 11) is 0. The maximum atomic E-state index is 7.72. The van der Waals surface area contributed by atoms with Crippen LogP contribution in [0.1, 0.15) is 0 Å². The number of rotatable bonds is 0. The van der Waals surface area contributed by atoms with Crippen molar-refractivity contribution in [3.8, 4) is 0 Å². The van der Waals surface area contributed by atoms with E-state index in [4.69, 9.17) is 4.66 Å². The summed E-state index contributed by atoms with van der Waals surface area (Å²) < 4.78 is 7.72. The van der Waals surface area contributed by atoms with Crippen molar-refractivity contribution in [1.29, 1.82) is 0 Å². The molecule has 0 unspecified atom stereocenters. The molecule has 0 rings (SSSR count). The van der Waals surface area contributed by atoms with Gasteiger partial charge in [-0.1, -0.05) is 0 Å². The first-order valence-electron chi connectivity index (χ1n) is 0.154. The minimum Gasteiger partial charge on any atom is -0.769 e. The Hall–Kier alpha value is 1.09. The van der Waals surface area contributed by atoms with Crippen LogP contribution in [-0.2, 0) is 0 Å². The van der Waals surface area contributed by atoms with E-state index in [0.717, 1.165) is 0 Å². The topological polar surface area (TPSA) is 149 Å². The maximum absolute atomic E-state index is 7.72. The predicted molar refractivity (Wildman–Crippen MR) is 20.3 cm³/mol. The van der Waals surface area contributed by atoms with Crippen LogP contribution in [0.5, 0.6) is 0 Å². The van der Waals surface area contributed by atoms with E-state index >= 15 is 0 Å². The van der Waals surface area contributed by atoms with Crippen molar-refractivity contribution in [2.45, 2.75) is 0 Å². The first kappa shape index (κ1) is 93.1. The van der Waals surface area contributed by atoms with Crippen molar-refractivity contribution in [1.82, 2.24) is 0 Å². The van der Waals surface area contributed by atoms with Gasteiger partial charge in [-0.2, -0.15) is 0 Å². The maximum Gasteiger partial charge on any atom is 1.00 e. The standard InChI is InChI=1S/ClO.Na.4H2O/c1-2;;;;;/h;;4*1H2/q-1;+1;;;;. The van der Waals surface area contributed by atoms with Crippen LogP contribution in [0.25, 0.3) is 0 Å². The molecule has 0 aromatic rings. The Morgan fingerprint density at radius 3 is 0.714 bits per heavy atom. The number of hydrogen-bond donors (Lipinski definition) is 0. The quantitative estimate of drug-likeness (QED) is 0.307. The molecule has 0 saturated carbocycles. The molecule has 0 saturated heterocycles. The normalized spacial score (nSPS) is 0.857. The third kappa shape index (κ3) is 155. The van der Waals surface area contributed by atoms with Crippen LogP contribution in [0.3, 0.4) is 0 Å². The minimum atomic E-state index is 0. The Kier molecular flexibility index (Phi) is 2940. The smallest absolute Gasteiger partial charge is 0.769 e. The van der Waals surface area contributed by atoms with Crippen molar-refractivity contribution in [3.05, 3.63) is 0 Å². The molecule has 0 radical (unpaired) electrons. The van der Waals surface area contributed by atoms with Crippen LogP contribution in [-0.4, -0.2) is 21.9 Å². The molecule has 0 aliphatic carbocycles. The van der Waals surface area contributed by atoms with Crippen molar-refractivity contribution < 1.29 is 56.1 Å². The molecule has 5 nitrogen and oxygen atoms in total. The summed E-state index contributed by atoms with van der Waals surface area (Å²) in [5.41, 5.74) is 0. The fourth-order valence-electron chi connectivity index (χ4n) is 0. The molecule has 0 bridgehead atoms. The average molecular weight is 147 g/mol. The number of halogens is 1. The van der Waals surface area contributed by atoms with E-state index in [1.54, 1.807) is 0 Å². The first-order chi connectivity index (χ1) is 1.00. The minimum absolute atomic E-state index is 0. The largest absolute Gasteiger partial charge is 1.00 e. The third-order valence-electron chi connectivity index (χ3n) is 0. The first-order valence-corrected chi connectivity index (χ1v) is 0.463. The van der Waals surface area contributed by atoms with Gasteiger partial charge >= 0.3 is 29.6 Å². The summed E-state index contributed by atoms with van der Waals surface area (Å²) in [4.78, 5) is 0. The van der Waals surface area contributed by atoms with Crippen LogP contribution in [0.2, 0.25) is 0 Å². The van der Waals surface area contributed by atoms with Crippen molar-refractivity contribution >= 4 is 11.9 Å². The van der Waals surface area contributed by atoms with E-state index in [-0.39, 0.29) is 51.5 Å². The fraction of sp³-hybridized carbons (Fsp3) is 0. The molecule has 7 heteroatoms. The second-order valence-corrected chi connectivity index (χ2v) is 0. The second-order valence-electron chi connectivity index (χ2n) is 0. The summed E-state index contributed by atoms with van der Waals surface area (Å²) in [6.45, 7) is 0. The monoisotopic (exact) mass is 146 g/mol. The molecular weight excluding hydrogens is 138 g/mol. The van der Waals surface area contributed by atoms with E-state index in [2.05, 4.69) is 11.9 Å². The molecule has 0 heterocycles. The summed E-state index contributed by atoms with van der Waals surface area (Å²) in [6, 6.07) is 0. The molecule has 0 aromatic heterocycles. The molecule has 8 N–H and O–H groups in total. The summed E-state index contributed by atoms with van der Waals surface area (Å²) >= 11 is 3.39. The second kappa shape index (κ2) is 221. The van der Waals surface area contributed by atoms with E-state index < -0.39 is 0 Å². The van der Waals surface area contributed by atoms with Gasteiger partial charge in [0.1, 0.15) is 0 Å². The van der Waals surface area contributed by atoms with Crippen molar-refractivity contribution in [2.75, 3.05) is 0 Å². The Morgan fingerprint density at radius 2 is 0.714 bits per heavy atom. The van der Waals surface area contributed by atoms with Gasteiger partial charge in [0.05, 0.1) is 0 Å². The summed E-state index contributed by atoms with van der Waals surface area (Å²) in [5, 5.41) is 0. The van der Waals surface area contributed by atoms with Gasteiger partial charge in [-0.25, -0.2) is 11.9 Å². The van der Waals surface area contributed by atoms with Gasteiger partial charge in [0.2, 0.25) is 0 Å². The Morgan fingerprint density at radius 1 is 0.714 bits per heavy atom. The van der Waals surface area contributed by atoms with Gasteiger partial charge in [0.25, 0.3) is 0 Å². The Balaban J connectivity index is -0.000000000500. The summed E-state index contributed by atoms with van der Waals surface area (Å²) in [6.07, 6.45) is 0.